The molecule has 6 unspecified atom stereocenters. The van der Waals surface area contributed by atoms with Gasteiger partial charge in [-0.15, -0.1) is 4.86 Å². The van der Waals surface area contributed by atoms with Gasteiger partial charge in [-0.25, -0.2) is 37.9 Å². The molecule has 5 rings (SSSR count). The van der Waals surface area contributed by atoms with Gasteiger partial charge in [-0.3, -0.25) is 23.4 Å². The second-order valence-electron chi connectivity index (χ2n) is 11.3. The number of aromatic nitrogens is 8. The van der Waals surface area contributed by atoms with Crippen LogP contribution in [0.2, 0.25) is 0 Å². The molecule has 0 spiro atoms. The summed E-state index contributed by atoms with van der Waals surface area (Å²) in [5.74, 6) is -1.95. The third-order valence-electron chi connectivity index (χ3n) is 7.29. The summed E-state index contributed by atoms with van der Waals surface area (Å²) < 4.78 is 68.9. The van der Waals surface area contributed by atoms with Crippen LogP contribution in [0.15, 0.2) is 35.3 Å². The maximum atomic E-state index is 12.6. The number of phosphoric acid groups is 1. The standard InChI is InChI=1S/C23H35N11O18P4/c1-3-47-21(34-9-29-13-19(34)30-23(25)31-20(13)39)14(36)10(35)4-5-48-53(2,40)51-54(41,42)32-55(43,44)52-56(45,46)49-6-11-15(37)16(38)22(50-11)33-8-28-12-17(24)26-7-27-18(12)33/h7-9,11,15-16,21-22,35-38,40H,2-6H2,1H3,(H,45,46)(H2,24,26,27)(H3,25,30,31,39)(H3,32,41,42,43,44)/b14-10-/t11-,15?,16?,21-,22-,53?/m1/s1. The van der Waals surface area contributed by atoms with Crippen molar-refractivity contribution in [2.75, 3.05) is 31.3 Å². The summed E-state index contributed by atoms with van der Waals surface area (Å²) in [7, 11) is -21.9. The molecule has 1 aliphatic heterocycles. The lowest BCUT2D eigenvalue weighted by atomic mass is 10.1. The minimum Gasteiger partial charge on any atom is -0.509 e. The molecule has 29 nitrogen and oxygen atoms in total. The topological polar surface area (TPSA) is 440 Å². The molecule has 0 amide bonds. The number of aromatic amines is 1. The fourth-order valence-corrected chi connectivity index (χ4v) is 10.8. The van der Waals surface area contributed by atoms with Crippen molar-refractivity contribution in [3.8, 4) is 0 Å². The zero-order valence-electron chi connectivity index (χ0n) is 28.4. The van der Waals surface area contributed by atoms with Crippen LogP contribution in [0.5, 0.6) is 0 Å². The van der Waals surface area contributed by atoms with E-state index in [-0.39, 0.29) is 40.7 Å². The molecule has 4 aromatic heterocycles. The molecule has 1 aliphatic rings. The Morgan fingerprint density at radius 2 is 1.68 bits per heavy atom. The SMILES string of the molecule is C=P(O)(OCC/C(O)=C(/O)[C@@H](OCC)n1cnc2c(=O)[nH]c(N)nc21)OP(=O)(O)NP(=O)(O)OP(=O)(O)OC[C@H]1O[C@@H](n2cnc3c(N)ncnc32)C(O)C1O. The van der Waals surface area contributed by atoms with Crippen LogP contribution in [0.3, 0.4) is 0 Å². The third kappa shape index (κ3) is 10.1. The molecular weight excluding hydrogens is 842 g/mol. The van der Waals surface area contributed by atoms with E-state index in [0.29, 0.717) is 0 Å². The van der Waals surface area contributed by atoms with Gasteiger partial charge in [0.15, 0.2) is 40.8 Å². The minimum atomic E-state index is -5.84. The first-order valence-electron chi connectivity index (χ1n) is 15.4. The van der Waals surface area contributed by atoms with Gasteiger partial charge >= 0.3 is 23.3 Å². The molecule has 1 saturated heterocycles. The molecule has 56 heavy (non-hydrogen) atoms. The van der Waals surface area contributed by atoms with Gasteiger partial charge in [0.2, 0.25) is 5.95 Å². The number of nitrogens with one attached hydrogen (secondary N) is 2. The summed E-state index contributed by atoms with van der Waals surface area (Å²) >= 11 is 0. The normalized spacial score (nSPS) is 24.3. The summed E-state index contributed by atoms with van der Waals surface area (Å²) in [5.41, 5.74) is 10.6. The molecule has 33 heteroatoms. The molecule has 14 N–H and O–H groups in total. The number of hydrogen-bond acceptors (Lipinski definition) is 22. The second-order valence-corrected chi connectivity index (χ2v) is 18.2. The van der Waals surface area contributed by atoms with E-state index >= 15 is 0 Å². The predicted octanol–water partition coefficient (Wildman–Crippen LogP) is -0.860. The van der Waals surface area contributed by atoms with Crippen LogP contribution in [0.4, 0.5) is 11.8 Å². The number of hydrogen-bond donors (Lipinski definition) is 12. The van der Waals surface area contributed by atoms with Crippen LogP contribution in [0.1, 0.15) is 25.8 Å². The lowest BCUT2D eigenvalue weighted by Gasteiger charge is -2.24. The van der Waals surface area contributed by atoms with E-state index in [1.54, 1.807) is 6.92 Å². The van der Waals surface area contributed by atoms with Gasteiger partial charge in [0.05, 0.1) is 25.9 Å². The quantitative estimate of drug-likeness (QED) is 0.0427. The van der Waals surface area contributed by atoms with Crippen LogP contribution >= 0.6 is 30.9 Å². The number of ether oxygens (including phenoxy) is 2. The largest absolute Gasteiger partial charge is 0.509 e. The molecule has 0 bridgehead atoms. The Kier molecular flexibility index (Phi) is 12.9. The molecule has 1 fully saturated rings. The Morgan fingerprint density at radius 1 is 1.00 bits per heavy atom. The minimum absolute atomic E-state index is 0.000932. The second kappa shape index (κ2) is 16.7. The Bertz CT molecular complexity index is 2370. The Hall–Kier alpha value is -3.69. The van der Waals surface area contributed by atoms with E-state index in [9.17, 15) is 58.5 Å². The van der Waals surface area contributed by atoms with E-state index < -0.39 is 98.4 Å². The fourth-order valence-electron chi connectivity index (χ4n) is 5.00. The number of anilines is 2. The van der Waals surface area contributed by atoms with Gasteiger partial charge in [0, 0.05) is 13.0 Å². The van der Waals surface area contributed by atoms with Crippen LogP contribution in [-0.4, -0.2) is 123 Å². The van der Waals surface area contributed by atoms with Gasteiger partial charge in [-0.2, -0.15) is 9.29 Å². The first-order valence-corrected chi connectivity index (χ1v) is 21.8. The summed E-state index contributed by atoms with van der Waals surface area (Å²) in [5, 5.41) is 42.2. The smallest absolute Gasteiger partial charge is 0.480 e. The Morgan fingerprint density at radius 3 is 2.38 bits per heavy atom. The van der Waals surface area contributed by atoms with E-state index in [1.165, 1.54) is 10.9 Å². The molecular formula is C23H35N11O18P4. The van der Waals surface area contributed by atoms with Gasteiger partial charge in [-0.05, 0) is 13.2 Å². The van der Waals surface area contributed by atoms with Crippen LogP contribution in [0, 0.1) is 0 Å². The monoisotopic (exact) mass is 877 g/mol. The average molecular weight is 877 g/mol. The Balaban J connectivity index is 1.14. The van der Waals surface area contributed by atoms with Crippen molar-refractivity contribution in [2.24, 2.45) is 0 Å². The predicted molar refractivity (Wildman–Crippen MR) is 189 cm³/mol. The molecule has 310 valence electrons. The maximum Gasteiger partial charge on any atom is 0.480 e. The number of imidazole rings is 2. The van der Waals surface area contributed by atoms with E-state index in [4.69, 9.17) is 25.5 Å². The fraction of sp³-hybridized carbons (Fsp3) is 0.435. The zero-order chi connectivity index (χ0) is 41.4. The first kappa shape index (κ1) is 43.4. The number of rotatable bonds is 18. The van der Waals surface area contributed by atoms with Gasteiger partial charge in [-0.1, -0.05) is 0 Å². The summed E-state index contributed by atoms with van der Waals surface area (Å²) in [4.78, 5) is 75.5. The highest BCUT2D eigenvalue weighted by Gasteiger charge is 2.47. The number of nitrogens with zero attached hydrogens (tertiary/aromatic N) is 7. The number of phosphoric ester groups is 1. The highest BCUT2D eigenvalue weighted by Crippen LogP contribution is 2.66. The van der Waals surface area contributed by atoms with Crippen molar-refractivity contribution in [3.05, 3.63) is 40.9 Å². The third-order valence-corrected chi connectivity index (χ3v) is 14.0. The van der Waals surface area contributed by atoms with Crippen molar-refractivity contribution in [1.29, 1.82) is 0 Å². The highest BCUT2D eigenvalue weighted by molar-refractivity contribution is 7.75. The van der Waals surface area contributed by atoms with Crippen LogP contribution < -0.4 is 21.9 Å². The van der Waals surface area contributed by atoms with Crippen molar-refractivity contribution in [2.45, 2.75) is 44.1 Å². The summed E-state index contributed by atoms with van der Waals surface area (Å²) in [6.45, 7) is -0.331. The molecule has 0 aromatic carbocycles. The molecule has 9 atom stereocenters. The summed E-state index contributed by atoms with van der Waals surface area (Å²) in [6, 6.07) is 0. The maximum absolute atomic E-state index is 12.6. The zero-order valence-corrected chi connectivity index (χ0v) is 32.0. The highest BCUT2D eigenvalue weighted by atomic mass is 31.3. The van der Waals surface area contributed by atoms with Crippen LogP contribution in [0.25, 0.3) is 22.3 Å². The van der Waals surface area contributed by atoms with E-state index in [1.807, 2.05) is 0 Å². The molecule has 4 aromatic rings. The molecule has 5 heterocycles. The summed E-state index contributed by atoms with van der Waals surface area (Å²) in [6.07, 6.45) is -2.13. The number of nitrogens with two attached hydrogens (primary N) is 2. The van der Waals surface area contributed by atoms with Gasteiger partial charge < -0.3 is 65.5 Å². The number of aliphatic hydroxyl groups excluding tert-OH is 4. The number of H-pyrrole nitrogens is 1. The lowest BCUT2D eigenvalue weighted by Crippen LogP contribution is -2.33. The molecule has 0 radical (unpaired) electrons. The van der Waals surface area contributed by atoms with Gasteiger partial charge in [0.25, 0.3) is 13.1 Å². The van der Waals surface area contributed by atoms with E-state index in [0.717, 1.165) is 22.1 Å². The average Bonchev–Trinajstić information content (AvgIpc) is 3.77. The molecule has 0 saturated carbocycles. The molecule has 0 aliphatic carbocycles. The number of fused-ring (bicyclic) bond motifs is 2. The van der Waals surface area contributed by atoms with Gasteiger partial charge in [0.1, 0.15) is 35.9 Å². The number of aliphatic hydroxyl groups is 4. The number of nitrogen functional groups attached to an aromatic ring is 2. The lowest BCUT2D eigenvalue weighted by molar-refractivity contribution is -0.0502. The Labute approximate surface area is 312 Å². The van der Waals surface area contributed by atoms with Crippen molar-refractivity contribution in [3.63, 3.8) is 0 Å². The van der Waals surface area contributed by atoms with Crippen molar-refractivity contribution < 1.29 is 80.8 Å². The van der Waals surface area contributed by atoms with E-state index in [2.05, 4.69) is 49.3 Å². The van der Waals surface area contributed by atoms with Crippen molar-refractivity contribution in [1.82, 2.24) is 43.9 Å². The van der Waals surface area contributed by atoms with Crippen molar-refractivity contribution >= 4 is 71.3 Å². The van der Waals surface area contributed by atoms with Crippen LogP contribution in [-0.2, 0) is 40.8 Å². The first-order chi connectivity index (χ1) is 26.0.